The molecule has 0 aliphatic carbocycles. The molecule has 0 saturated heterocycles. The smallest absolute Gasteiger partial charge is 0.161 e. The van der Waals surface area contributed by atoms with Gasteiger partial charge in [-0.2, -0.15) is 0 Å². The van der Waals surface area contributed by atoms with Crippen LogP contribution in [-0.4, -0.2) is 28.8 Å². The van der Waals surface area contributed by atoms with Gasteiger partial charge in [0.2, 0.25) is 0 Å². The van der Waals surface area contributed by atoms with Crippen LogP contribution in [0.5, 0.6) is 11.5 Å². The van der Waals surface area contributed by atoms with Crippen LogP contribution in [0.3, 0.4) is 0 Å². The molecule has 0 unspecified atom stereocenters. The van der Waals surface area contributed by atoms with Crippen LogP contribution < -0.4 is 15.2 Å². The molecule has 0 heterocycles. The molecule has 1 rings (SSSR count). The monoisotopic (exact) mass is 361 g/mol. The first-order valence-corrected chi connectivity index (χ1v) is 11.5. The van der Waals surface area contributed by atoms with Gasteiger partial charge in [-0.25, -0.2) is 0 Å². The molecule has 0 radical (unpaired) electrons. The second-order valence-electron chi connectivity index (χ2n) is 7.55. The minimum absolute atomic E-state index is 0.589. The van der Waals surface area contributed by atoms with Crippen LogP contribution >= 0.6 is 0 Å². The average Bonchev–Trinajstić information content (AvgIpc) is 2.55. The minimum Gasteiger partial charge on any atom is -0.493 e. The fourth-order valence-corrected chi connectivity index (χ4v) is 9.23. The maximum atomic E-state index is 5.81. The summed E-state index contributed by atoms with van der Waals surface area (Å²) in [6.07, 6.45) is 0.782. The predicted molar refractivity (Wildman–Crippen MR) is 110 cm³/mol. The molecule has 25 heavy (non-hydrogen) atoms. The molecule has 0 saturated carbocycles. The van der Waals surface area contributed by atoms with Crippen molar-refractivity contribution in [2.75, 3.05) is 20.8 Å². The topological polar surface area (TPSA) is 44.5 Å². The van der Waals surface area contributed by atoms with E-state index in [4.69, 9.17) is 15.2 Å². The Morgan fingerprint density at radius 3 is 1.80 bits per heavy atom. The summed E-state index contributed by atoms with van der Waals surface area (Å²) in [4.78, 5) is 0. The highest BCUT2D eigenvalue weighted by atomic mass is 28.3. The predicted octanol–water partition coefficient (Wildman–Crippen LogP) is 4.77. The molecule has 1 aromatic carbocycles. The Hall–Kier alpha value is -1.44. The van der Waals surface area contributed by atoms with Crippen LogP contribution in [0.4, 0.5) is 0 Å². The first-order valence-electron chi connectivity index (χ1n) is 9.22. The van der Waals surface area contributed by atoms with Crippen LogP contribution in [0, 0.1) is 11.5 Å². The third-order valence-corrected chi connectivity index (χ3v) is 11.6. The first-order chi connectivity index (χ1) is 11.7. The minimum atomic E-state index is -1.77. The highest BCUT2D eigenvalue weighted by molar-refractivity contribution is 6.90. The van der Waals surface area contributed by atoms with Gasteiger partial charge in [-0.1, -0.05) is 47.5 Å². The molecule has 4 heteroatoms. The van der Waals surface area contributed by atoms with Gasteiger partial charge in [-0.3, -0.25) is 0 Å². The maximum Gasteiger partial charge on any atom is 0.161 e. The number of hydrogen-bond donors (Lipinski definition) is 1. The zero-order valence-corrected chi connectivity index (χ0v) is 18.2. The third-order valence-electron chi connectivity index (χ3n) is 5.30. The molecular formula is C21H35NO2Si. The normalized spacial score (nSPS) is 11.7. The Kier molecular flexibility index (Phi) is 8.04. The lowest BCUT2D eigenvalue weighted by Gasteiger charge is -2.38. The number of methoxy groups -OCH3 is 2. The van der Waals surface area contributed by atoms with Gasteiger partial charge in [0.15, 0.2) is 11.5 Å². The molecule has 0 aromatic heterocycles. The van der Waals surface area contributed by atoms with E-state index in [0.29, 0.717) is 23.2 Å². The van der Waals surface area contributed by atoms with Gasteiger partial charge in [0.25, 0.3) is 0 Å². The summed E-state index contributed by atoms with van der Waals surface area (Å²) >= 11 is 0. The van der Waals surface area contributed by atoms with Crippen LogP contribution in [0.15, 0.2) is 12.1 Å². The summed E-state index contributed by atoms with van der Waals surface area (Å²) in [6.45, 7) is 14.6. The largest absolute Gasteiger partial charge is 0.493 e. The molecular weight excluding hydrogens is 326 g/mol. The van der Waals surface area contributed by atoms with E-state index in [9.17, 15) is 0 Å². The molecule has 0 aliphatic heterocycles. The molecule has 3 nitrogen and oxygen atoms in total. The van der Waals surface area contributed by atoms with E-state index in [0.717, 1.165) is 29.0 Å². The second-order valence-corrected chi connectivity index (χ2v) is 13.1. The molecule has 1 aromatic rings. The Balaban J connectivity index is 3.53. The van der Waals surface area contributed by atoms with Gasteiger partial charge in [0, 0.05) is 5.56 Å². The van der Waals surface area contributed by atoms with Gasteiger partial charge in [-0.15, -0.1) is 5.54 Å². The third kappa shape index (κ3) is 4.59. The Bertz CT molecular complexity index is 605. The van der Waals surface area contributed by atoms with Crippen molar-refractivity contribution in [2.45, 2.75) is 64.6 Å². The Morgan fingerprint density at radius 1 is 0.920 bits per heavy atom. The van der Waals surface area contributed by atoms with Crippen molar-refractivity contribution in [1.29, 1.82) is 0 Å². The number of hydrogen-bond acceptors (Lipinski definition) is 3. The van der Waals surface area contributed by atoms with Crippen LogP contribution in [-0.2, 0) is 6.42 Å². The molecule has 0 amide bonds. The average molecular weight is 362 g/mol. The molecule has 0 bridgehead atoms. The zero-order chi connectivity index (χ0) is 19.2. The molecule has 0 fully saturated rings. The van der Waals surface area contributed by atoms with E-state index in [-0.39, 0.29) is 0 Å². The summed E-state index contributed by atoms with van der Waals surface area (Å²) < 4.78 is 10.9. The van der Waals surface area contributed by atoms with Gasteiger partial charge in [-0.05, 0) is 47.3 Å². The zero-order valence-electron chi connectivity index (χ0n) is 17.2. The van der Waals surface area contributed by atoms with Crippen molar-refractivity contribution in [1.82, 2.24) is 0 Å². The van der Waals surface area contributed by atoms with Crippen molar-refractivity contribution < 1.29 is 9.47 Å². The lowest BCUT2D eigenvalue weighted by molar-refractivity contribution is 0.354. The van der Waals surface area contributed by atoms with Gasteiger partial charge in [0.05, 0.1) is 14.2 Å². The summed E-state index contributed by atoms with van der Waals surface area (Å²) in [5, 5.41) is 0. The van der Waals surface area contributed by atoms with Crippen molar-refractivity contribution in [3.8, 4) is 23.0 Å². The SMILES string of the molecule is COc1cc(C#C[Si](C(C)C)(C(C)C)C(C)C)c(CCN)cc1OC. The standard InChI is InChI=1S/C21H35NO2Si/c1-15(2)25(16(3)4,17(5)6)12-10-19-14-21(24-8)20(23-7)13-18(19)9-11-22/h13-17H,9,11,22H2,1-8H3. The Morgan fingerprint density at radius 2 is 1.40 bits per heavy atom. The maximum absolute atomic E-state index is 5.81. The summed E-state index contributed by atoms with van der Waals surface area (Å²) in [6, 6.07) is 4.01. The fraction of sp³-hybridized carbons (Fsp3) is 0.619. The summed E-state index contributed by atoms with van der Waals surface area (Å²) in [7, 11) is 1.55. The highest BCUT2D eigenvalue weighted by Gasteiger charge is 2.41. The van der Waals surface area contributed by atoms with E-state index in [2.05, 4.69) is 53.0 Å². The molecule has 2 N–H and O–H groups in total. The van der Waals surface area contributed by atoms with Gasteiger partial charge < -0.3 is 15.2 Å². The molecule has 0 atom stereocenters. The number of nitrogens with two attached hydrogens (primary N) is 1. The molecule has 0 spiro atoms. The quantitative estimate of drug-likeness (QED) is 0.562. The lowest BCUT2D eigenvalue weighted by Crippen LogP contribution is -2.43. The van der Waals surface area contributed by atoms with Crippen LogP contribution in [0.1, 0.15) is 52.7 Å². The first kappa shape index (κ1) is 21.6. The van der Waals surface area contributed by atoms with E-state index in [1.165, 1.54) is 0 Å². The Labute approximate surface area is 155 Å². The fourth-order valence-electron chi connectivity index (χ4n) is 4.01. The van der Waals surface area contributed by atoms with Crippen molar-refractivity contribution in [2.24, 2.45) is 5.73 Å². The highest BCUT2D eigenvalue weighted by Crippen LogP contribution is 2.41. The van der Waals surface area contributed by atoms with E-state index >= 15 is 0 Å². The number of benzene rings is 1. The van der Waals surface area contributed by atoms with E-state index in [1.807, 2.05) is 12.1 Å². The second kappa shape index (κ2) is 9.31. The lowest BCUT2D eigenvalue weighted by atomic mass is 10.0. The van der Waals surface area contributed by atoms with E-state index in [1.54, 1.807) is 14.2 Å². The summed E-state index contributed by atoms with van der Waals surface area (Å²) in [5.41, 5.74) is 13.6. The van der Waals surface area contributed by atoms with Crippen LogP contribution in [0.2, 0.25) is 16.6 Å². The molecule has 0 aliphatic rings. The summed E-state index contributed by atoms with van der Waals surface area (Å²) in [5.74, 6) is 4.98. The van der Waals surface area contributed by atoms with E-state index < -0.39 is 8.07 Å². The van der Waals surface area contributed by atoms with Crippen molar-refractivity contribution in [3.05, 3.63) is 23.3 Å². The van der Waals surface area contributed by atoms with Crippen LogP contribution in [0.25, 0.3) is 0 Å². The van der Waals surface area contributed by atoms with Gasteiger partial charge in [0.1, 0.15) is 8.07 Å². The van der Waals surface area contributed by atoms with Crippen molar-refractivity contribution >= 4 is 8.07 Å². The number of rotatable bonds is 7. The number of ether oxygens (including phenoxy) is 2. The van der Waals surface area contributed by atoms with Gasteiger partial charge >= 0.3 is 0 Å². The van der Waals surface area contributed by atoms with Crippen molar-refractivity contribution in [3.63, 3.8) is 0 Å². The molecule has 140 valence electrons.